The van der Waals surface area contributed by atoms with E-state index in [1.807, 2.05) is 0 Å². The number of hydrogen-bond donors (Lipinski definition) is 0. The van der Waals surface area contributed by atoms with Gasteiger partial charge in [-0.15, -0.1) is 0 Å². The minimum absolute atomic E-state index is 0.270. The van der Waals surface area contributed by atoms with Crippen molar-refractivity contribution in [1.82, 2.24) is 0 Å². The molecule has 0 fully saturated rings. The number of rotatable bonds is 6. The Labute approximate surface area is 122 Å². The summed E-state index contributed by atoms with van der Waals surface area (Å²) in [5, 5.41) is 0. The van der Waals surface area contributed by atoms with Crippen LogP contribution in [-0.2, 0) is 19.2 Å². The maximum absolute atomic E-state index is 12.1. The molecule has 0 heterocycles. The third-order valence-electron chi connectivity index (χ3n) is 2.61. The molecule has 0 atom stereocenters. The minimum Gasteiger partial charge on any atom is -0.497 e. The lowest BCUT2D eigenvalue weighted by Gasteiger charge is -2.20. The Morgan fingerprint density at radius 2 is 1.52 bits per heavy atom. The first kappa shape index (κ1) is 16.6. The number of ketones is 2. The Hall–Kier alpha value is -2.50. The summed E-state index contributed by atoms with van der Waals surface area (Å²) in [4.78, 5) is 47.3. The Bertz CT molecular complexity index is 551. The molecule has 0 aliphatic carbocycles. The maximum atomic E-state index is 12.1. The molecule has 0 radical (unpaired) electrons. The molecule has 1 aromatic rings. The van der Waals surface area contributed by atoms with Gasteiger partial charge in [0.1, 0.15) is 17.3 Å². The standard InChI is InChI=1S/C15H17NO5/c1-10(17)7-14(19)16(15(20)8-11(2)18)12-5-4-6-13(9-12)21-3/h4-6,9H,7-8H2,1-3H3. The van der Waals surface area contributed by atoms with Crippen molar-refractivity contribution >= 4 is 29.1 Å². The molecule has 6 heteroatoms. The molecule has 0 aliphatic rings. The van der Waals surface area contributed by atoms with Gasteiger partial charge < -0.3 is 4.74 Å². The molecule has 6 nitrogen and oxygen atoms in total. The second-order valence-electron chi connectivity index (χ2n) is 4.58. The molecule has 1 rings (SSSR count). The van der Waals surface area contributed by atoms with Gasteiger partial charge >= 0.3 is 0 Å². The summed E-state index contributed by atoms with van der Waals surface area (Å²) in [5.74, 6) is -1.58. The van der Waals surface area contributed by atoms with E-state index in [2.05, 4.69) is 0 Å². The molecule has 0 saturated heterocycles. The second kappa shape index (κ2) is 7.33. The van der Waals surface area contributed by atoms with Crippen molar-refractivity contribution in [3.05, 3.63) is 24.3 Å². The van der Waals surface area contributed by atoms with Crippen LogP contribution in [0.4, 0.5) is 5.69 Å². The van der Waals surface area contributed by atoms with Crippen molar-refractivity contribution in [3.8, 4) is 5.75 Å². The third-order valence-corrected chi connectivity index (χ3v) is 2.61. The average Bonchev–Trinajstić information content (AvgIpc) is 2.37. The van der Waals surface area contributed by atoms with Crippen LogP contribution in [0.15, 0.2) is 24.3 Å². The van der Waals surface area contributed by atoms with Gasteiger partial charge in [0.05, 0.1) is 25.6 Å². The number of imide groups is 1. The molecule has 0 unspecified atom stereocenters. The molecule has 21 heavy (non-hydrogen) atoms. The first-order chi connectivity index (χ1) is 9.85. The largest absolute Gasteiger partial charge is 0.497 e. The Morgan fingerprint density at radius 3 is 1.95 bits per heavy atom. The lowest BCUT2D eigenvalue weighted by Crippen LogP contribution is -2.38. The highest BCUT2D eigenvalue weighted by Gasteiger charge is 2.25. The van der Waals surface area contributed by atoms with Crippen LogP contribution < -0.4 is 9.64 Å². The molecular weight excluding hydrogens is 274 g/mol. The lowest BCUT2D eigenvalue weighted by atomic mass is 10.2. The monoisotopic (exact) mass is 291 g/mol. The SMILES string of the molecule is COc1cccc(N(C(=O)CC(C)=O)C(=O)CC(C)=O)c1. The molecule has 0 saturated carbocycles. The van der Waals surface area contributed by atoms with E-state index in [4.69, 9.17) is 4.74 Å². The van der Waals surface area contributed by atoms with E-state index < -0.39 is 24.7 Å². The van der Waals surface area contributed by atoms with Crippen LogP contribution in [0, 0.1) is 0 Å². The molecule has 0 spiro atoms. The molecule has 0 N–H and O–H groups in total. The van der Waals surface area contributed by atoms with Crippen LogP contribution in [0.1, 0.15) is 26.7 Å². The van der Waals surface area contributed by atoms with E-state index in [1.54, 1.807) is 18.2 Å². The average molecular weight is 291 g/mol. The van der Waals surface area contributed by atoms with Crippen molar-refractivity contribution in [2.45, 2.75) is 26.7 Å². The number of nitrogens with zero attached hydrogens (tertiary/aromatic N) is 1. The van der Waals surface area contributed by atoms with E-state index in [0.717, 1.165) is 4.90 Å². The van der Waals surface area contributed by atoms with E-state index in [0.29, 0.717) is 5.75 Å². The third kappa shape index (κ3) is 4.83. The quantitative estimate of drug-likeness (QED) is 0.742. The predicted molar refractivity (Wildman–Crippen MR) is 76.1 cm³/mol. The number of ether oxygens (including phenoxy) is 1. The van der Waals surface area contributed by atoms with Gasteiger partial charge in [-0.25, -0.2) is 4.90 Å². The number of carbonyl (C=O) groups excluding carboxylic acids is 4. The summed E-state index contributed by atoms with van der Waals surface area (Å²) in [6.07, 6.45) is -0.804. The van der Waals surface area contributed by atoms with Crippen molar-refractivity contribution in [1.29, 1.82) is 0 Å². The summed E-state index contributed by atoms with van der Waals surface area (Å²) in [5.41, 5.74) is 0.270. The molecule has 112 valence electrons. The zero-order valence-corrected chi connectivity index (χ0v) is 12.2. The van der Waals surface area contributed by atoms with Gasteiger partial charge in [0.2, 0.25) is 11.8 Å². The first-order valence-corrected chi connectivity index (χ1v) is 6.34. The van der Waals surface area contributed by atoms with Crippen molar-refractivity contribution in [3.63, 3.8) is 0 Å². The highest BCUT2D eigenvalue weighted by Crippen LogP contribution is 2.22. The van der Waals surface area contributed by atoms with E-state index >= 15 is 0 Å². The topological polar surface area (TPSA) is 80.8 Å². The number of hydrogen-bond acceptors (Lipinski definition) is 5. The van der Waals surface area contributed by atoms with Crippen LogP contribution in [0.5, 0.6) is 5.75 Å². The van der Waals surface area contributed by atoms with Gasteiger partial charge in [-0.1, -0.05) is 6.07 Å². The van der Waals surface area contributed by atoms with Crippen LogP contribution in [0.3, 0.4) is 0 Å². The first-order valence-electron chi connectivity index (χ1n) is 6.34. The van der Waals surface area contributed by atoms with Gasteiger partial charge in [-0.3, -0.25) is 19.2 Å². The maximum Gasteiger partial charge on any atom is 0.241 e. The van der Waals surface area contributed by atoms with Crippen molar-refractivity contribution in [2.75, 3.05) is 12.0 Å². The van der Waals surface area contributed by atoms with Crippen LogP contribution >= 0.6 is 0 Å². The Balaban J connectivity index is 3.16. The zero-order chi connectivity index (χ0) is 16.0. The molecule has 1 aromatic carbocycles. The van der Waals surface area contributed by atoms with Gasteiger partial charge in [0, 0.05) is 6.07 Å². The van der Waals surface area contributed by atoms with Gasteiger partial charge in [0.15, 0.2) is 0 Å². The second-order valence-corrected chi connectivity index (χ2v) is 4.58. The van der Waals surface area contributed by atoms with Gasteiger partial charge in [0.25, 0.3) is 0 Å². The highest BCUT2D eigenvalue weighted by atomic mass is 16.5. The fraction of sp³-hybridized carbons (Fsp3) is 0.333. The molecule has 0 bridgehead atoms. The molecule has 2 amide bonds. The normalized spacial score (nSPS) is 9.86. The van der Waals surface area contributed by atoms with Crippen molar-refractivity contribution < 1.29 is 23.9 Å². The number of Topliss-reactive ketones (excluding diaryl/α,β-unsaturated/α-hetero) is 2. The number of anilines is 1. The fourth-order valence-electron chi connectivity index (χ4n) is 1.76. The van der Waals surface area contributed by atoms with E-state index in [9.17, 15) is 19.2 Å². The van der Waals surface area contributed by atoms with Gasteiger partial charge in [-0.05, 0) is 26.0 Å². The molecule has 0 aromatic heterocycles. The predicted octanol–water partition coefficient (Wildman–Crippen LogP) is 1.51. The smallest absolute Gasteiger partial charge is 0.241 e. The van der Waals surface area contributed by atoms with E-state index in [1.165, 1.54) is 27.0 Å². The van der Waals surface area contributed by atoms with Crippen LogP contribution in [0.2, 0.25) is 0 Å². The minimum atomic E-state index is -0.665. The molecular formula is C15H17NO5. The number of amides is 2. The number of methoxy groups -OCH3 is 1. The number of carbonyl (C=O) groups is 4. The Kier molecular flexibility index (Phi) is 5.78. The summed E-state index contributed by atoms with van der Waals surface area (Å²) in [7, 11) is 1.46. The Morgan fingerprint density at radius 1 is 1.00 bits per heavy atom. The van der Waals surface area contributed by atoms with Crippen molar-refractivity contribution in [2.24, 2.45) is 0 Å². The summed E-state index contributed by atoms with van der Waals surface area (Å²) in [6.45, 7) is 2.52. The summed E-state index contributed by atoms with van der Waals surface area (Å²) >= 11 is 0. The highest BCUT2D eigenvalue weighted by molar-refractivity contribution is 6.21. The van der Waals surface area contributed by atoms with E-state index in [-0.39, 0.29) is 17.3 Å². The molecule has 0 aliphatic heterocycles. The summed E-state index contributed by atoms with van der Waals surface area (Å²) < 4.78 is 5.04. The van der Waals surface area contributed by atoms with Crippen LogP contribution in [-0.4, -0.2) is 30.5 Å². The van der Waals surface area contributed by atoms with Crippen LogP contribution in [0.25, 0.3) is 0 Å². The fourth-order valence-corrected chi connectivity index (χ4v) is 1.76. The lowest BCUT2D eigenvalue weighted by molar-refractivity contribution is -0.130. The van der Waals surface area contributed by atoms with Gasteiger partial charge in [-0.2, -0.15) is 0 Å². The zero-order valence-electron chi connectivity index (χ0n) is 12.2. The number of benzene rings is 1. The summed E-state index contributed by atoms with van der Waals surface area (Å²) in [6, 6.07) is 6.31.